The zero-order valence-corrected chi connectivity index (χ0v) is 11.3. The van der Waals surface area contributed by atoms with Gasteiger partial charge in [0.25, 0.3) is 0 Å². The first-order chi connectivity index (χ1) is 8.74. The number of nitrogens with one attached hydrogen (secondary N) is 1. The van der Waals surface area contributed by atoms with Gasteiger partial charge in [0.2, 0.25) is 0 Å². The predicted molar refractivity (Wildman–Crippen MR) is 74.9 cm³/mol. The SMILES string of the molecule is C[NH+](CCc1ccccn1)Cc1cccc(Cl)c1. The molecule has 1 heterocycles. The number of hydrogen-bond donors (Lipinski definition) is 1. The molecule has 0 aliphatic carbocycles. The number of nitrogens with zero attached hydrogens (tertiary/aromatic N) is 1. The van der Waals surface area contributed by atoms with E-state index in [4.69, 9.17) is 11.6 Å². The van der Waals surface area contributed by atoms with Gasteiger partial charge in [-0.15, -0.1) is 0 Å². The summed E-state index contributed by atoms with van der Waals surface area (Å²) in [6, 6.07) is 14.1. The predicted octanol–water partition coefficient (Wildman–Crippen LogP) is 1.99. The van der Waals surface area contributed by atoms with Crippen LogP contribution in [0.1, 0.15) is 11.3 Å². The zero-order chi connectivity index (χ0) is 12.8. The van der Waals surface area contributed by atoms with Gasteiger partial charge in [0.1, 0.15) is 6.54 Å². The Morgan fingerprint density at radius 1 is 1.17 bits per heavy atom. The second-order valence-electron chi connectivity index (χ2n) is 4.58. The summed E-state index contributed by atoms with van der Waals surface area (Å²) in [7, 11) is 2.20. The van der Waals surface area contributed by atoms with Gasteiger partial charge in [-0.25, -0.2) is 0 Å². The third kappa shape index (κ3) is 4.13. The molecule has 2 aromatic rings. The Hall–Kier alpha value is -1.38. The summed E-state index contributed by atoms with van der Waals surface area (Å²) in [5.74, 6) is 0. The molecule has 1 N–H and O–H groups in total. The van der Waals surface area contributed by atoms with Crippen LogP contribution >= 0.6 is 11.6 Å². The molecule has 2 rings (SSSR count). The zero-order valence-electron chi connectivity index (χ0n) is 10.6. The Morgan fingerprint density at radius 2 is 2.06 bits per heavy atom. The molecule has 0 aliphatic rings. The van der Waals surface area contributed by atoms with E-state index in [0.29, 0.717) is 0 Å². The quantitative estimate of drug-likeness (QED) is 0.871. The van der Waals surface area contributed by atoms with Crippen molar-refractivity contribution in [1.82, 2.24) is 4.98 Å². The number of rotatable bonds is 5. The fraction of sp³-hybridized carbons (Fsp3) is 0.267. The van der Waals surface area contributed by atoms with E-state index < -0.39 is 0 Å². The Morgan fingerprint density at radius 3 is 2.78 bits per heavy atom. The number of quaternary nitrogens is 1. The van der Waals surface area contributed by atoms with Crippen LogP contribution in [0.3, 0.4) is 0 Å². The fourth-order valence-corrected chi connectivity index (χ4v) is 2.18. The lowest BCUT2D eigenvalue weighted by molar-refractivity contribution is -0.893. The number of pyridine rings is 1. The molecular formula is C15H18ClN2+. The van der Waals surface area contributed by atoms with Gasteiger partial charge in [0.05, 0.1) is 13.6 Å². The second-order valence-corrected chi connectivity index (χ2v) is 5.02. The highest BCUT2D eigenvalue weighted by molar-refractivity contribution is 6.30. The van der Waals surface area contributed by atoms with Crippen molar-refractivity contribution < 1.29 is 4.90 Å². The lowest BCUT2D eigenvalue weighted by atomic mass is 10.2. The topological polar surface area (TPSA) is 17.3 Å². The van der Waals surface area contributed by atoms with Gasteiger partial charge < -0.3 is 4.90 Å². The molecule has 94 valence electrons. The molecule has 0 radical (unpaired) electrons. The lowest BCUT2D eigenvalue weighted by Crippen LogP contribution is -3.07. The average Bonchev–Trinajstić information content (AvgIpc) is 2.38. The standard InChI is InChI=1S/C15H17ClN2/c1-18(10-8-15-7-2-3-9-17-15)12-13-5-4-6-14(16)11-13/h2-7,9,11H,8,10,12H2,1H3/p+1. The molecule has 0 amide bonds. The van der Waals surface area contributed by atoms with Crippen molar-refractivity contribution >= 4 is 11.6 Å². The van der Waals surface area contributed by atoms with Crippen LogP contribution in [-0.2, 0) is 13.0 Å². The van der Waals surface area contributed by atoms with E-state index >= 15 is 0 Å². The Balaban J connectivity index is 1.84. The molecule has 0 saturated heterocycles. The Bertz CT molecular complexity index is 485. The second kappa shape index (κ2) is 6.53. The monoisotopic (exact) mass is 261 g/mol. The highest BCUT2D eigenvalue weighted by atomic mass is 35.5. The Labute approximate surface area is 113 Å². The third-order valence-electron chi connectivity index (χ3n) is 2.93. The minimum atomic E-state index is 0.810. The van der Waals surface area contributed by atoms with E-state index in [1.54, 1.807) is 0 Å². The van der Waals surface area contributed by atoms with Crippen LogP contribution in [0.25, 0.3) is 0 Å². The number of likely N-dealkylation sites (N-methyl/N-ethyl adjacent to an activating group) is 1. The molecule has 2 nitrogen and oxygen atoms in total. The van der Waals surface area contributed by atoms with E-state index in [9.17, 15) is 0 Å². The molecule has 0 spiro atoms. The molecular weight excluding hydrogens is 244 g/mol. The first-order valence-electron chi connectivity index (χ1n) is 6.20. The van der Waals surface area contributed by atoms with Crippen molar-refractivity contribution in [2.24, 2.45) is 0 Å². The van der Waals surface area contributed by atoms with Crippen molar-refractivity contribution in [3.05, 3.63) is 64.9 Å². The van der Waals surface area contributed by atoms with Crippen LogP contribution in [0.2, 0.25) is 5.02 Å². The summed E-state index contributed by atoms with van der Waals surface area (Å²) in [5, 5.41) is 0.810. The number of benzene rings is 1. The van der Waals surface area contributed by atoms with Gasteiger partial charge >= 0.3 is 0 Å². The van der Waals surface area contributed by atoms with Crippen LogP contribution in [-0.4, -0.2) is 18.6 Å². The summed E-state index contributed by atoms with van der Waals surface area (Å²) in [5.41, 5.74) is 2.43. The first-order valence-corrected chi connectivity index (χ1v) is 6.57. The number of hydrogen-bond acceptors (Lipinski definition) is 1. The van der Waals surface area contributed by atoms with Gasteiger partial charge in [-0.05, 0) is 24.3 Å². The molecule has 0 bridgehead atoms. The van der Waals surface area contributed by atoms with Crippen molar-refractivity contribution in [3.8, 4) is 0 Å². The first kappa shape index (κ1) is 13.1. The summed E-state index contributed by atoms with van der Waals surface area (Å²) in [6.45, 7) is 2.07. The minimum absolute atomic E-state index is 0.810. The maximum Gasteiger partial charge on any atom is 0.103 e. The van der Waals surface area contributed by atoms with E-state index in [1.165, 1.54) is 10.5 Å². The van der Waals surface area contributed by atoms with Crippen molar-refractivity contribution in [2.75, 3.05) is 13.6 Å². The molecule has 1 aromatic carbocycles. The van der Waals surface area contributed by atoms with Crippen LogP contribution in [0.5, 0.6) is 0 Å². The highest BCUT2D eigenvalue weighted by Gasteiger charge is 2.05. The molecule has 1 unspecified atom stereocenters. The van der Waals surface area contributed by atoms with Crippen molar-refractivity contribution in [3.63, 3.8) is 0 Å². The van der Waals surface area contributed by atoms with Gasteiger partial charge in [-0.2, -0.15) is 0 Å². The van der Waals surface area contributed by atoms with Gasteiger partial charge in [0, 0.05) is 28.9 Å². The number of aromatic nitrogens is 1. The average molecular weight is 262 g/mol. The van der Waals surface area contributed by atoms with E-state index in [1.807, 2.05) is 36.5 Å². The van der Waals surface area contributed by atoms with Crippen LogP contribution in [0, 0.1) is 0 Å². The van der Waals surface area contributed by atoms with Crippen LogP contribution in [0.4, 0.5) is 0 Å². The van der Waals surface area contributed by atoms with Gasteiger partial charge in [-0.3, -0.25) is 4.98 Å². The highest BCUT2D eigenvalue weighted by Crippen LogP contribution is 2.09. The summed E-state index contributed by atoms with van der Waals surface area (Å²) in [4.78, 5) is 5.80. The summed E-state index contributed by atoms with van der Waals surface area (Å²) in [6.07, 6.45) is 2.86. The van der Waals surface area contributed by atoms with Crippen molar-refractivity contribution in [2.45, 2.75) is 13.0 Å². The van der Waals surface area contributed by atoms with Crippen LogP contribution < -0.4 is 4.90 Å². The molecule has 1 aromatic heterocycles. The lowest BCUT2D eigenvalue weighted by Gasteiger charge is -2.13. The van der Waals surface area contributed by atoms with Crippen LogP contribution in [0.15, 0.2) is 48.7 Å². The molecule has 1 atom stereocenters. The summed E-state index contributed by atoms with van der Waals surface area (Å²) >= 11 is 5.98. The summed E-state index contributed by atoms with van der Waals surface area (Å²) < 4.78 is 0. The smallest absolute Gasteiger partial charge is 0.103 e. The van der Waals surface area contributed by atoms with Gasteiger partial charge in [0.15, 0.2) is 0 Å². The van der Waals surface area contributed by atoms with E-state index in [-0.39, 0.29) is 0 Å². The van der Waals surface area contributed by atoms with E-state index in [2.05, 4.69) is 24.2 Å². The van der Waals surface area contributed by atoms with Crippen molar-refractivity contribution in [1.29, 1.82) is 0 Å². The molecule has 0 fully saturated rings. The largest absolute Gasteiger partial charge is 0.333 e. The maximum absolute atomic E-state index is 5.98. The molecule has 3 heteroatoms. The van der Waals surface area contributed by atoms with E-state index in [0.717, 1.165) is 30.2 Å². The fourth-order valence-electron chi connectivity index (χ4n) is 1.97. The number of halogens is 1. The molecule has 18 heavy (non-hydrogen) atoms. The normalized spacial score (nSPS) is 12.3. The Kier molecular flexibility index (Phi) is 4.73. The molecule has 0 aliphatic heterocycles. The maximum atomic E-state index is 5.98. The molecule has 0 saturated carbocycles. The minimum Gasteiger partial charge on any atom is -0.333 e. The third-order valence-corrected chi connectivity index (χ3v) is 3.16. The van der Waals surface area contributed by atoms with Gasteiger partial charge in [-0.1, -0.05) is 29.8 Å².